The summed E-state index contributed by atoms with van der Waals surface area (Å²) in [6, 6.07) is 8.38. The molecule has 2 amide bonds. The highest BCUT2D eigenvalue weighted by molar-refractivity contribution is 5.99. The standard InChI is InChI=1S/C6H6O.C4H4N2O/c7-6-4-2-1-3-5-6;1-3-2-5-4(7)6-3/h1-5,7H;2H,1H2,(H,6,7). The van der Waals surface area contributed by atoms with Crippen molar-refractivity contribution in [2.75, 3.05) is 0 Å². The second-order valence-electron chi connectivity index (χ2n) is 2.55. The molecule has 1 heterocycles. The number of aliphatic imine (C=N–C) groups is 1. The van der Waals surface area contributed by atoms with Gasteiger partial charge < -0.3 is 10.4 Å². The van der Waals surface area contributed by atoms with Gasteiger partial charge in [-0.3, -0.25) is 0 Å². The summed E-state index contributed by atoms with van der Waals surface area (Å²) in [6.07, 6.45) is 1.39. The summed E-state index contributed by atoms with van der Waals surface area (Å²) in [7, 11) is 0. The zero-order chi connectivity index (χ0) is 10.4. The van der Waals surface area contributed by atoms with Gasteiger partial charge in [-0.2, -0.15) is 4.99 Å². The normalized spacial score (nSPS) is 13.1. The Bertz CT molecular complexity index is 342. The van der Waals surface area contributed by atoms with Gasteiger partial charge in [0.05, 0.1) is 11.9 Å². The first-order valence-corrected chi connectivity index (χ1v) is 3.96. The van der Waals surface area contributed by atoms with Crippen LogP contribution in [0.3, 0.4) is 0 Å². The van der Waals surface area contributed by atoms with Gasteiger partial charge in [0.2, 0.25) is 0 Å². The zero-order valence-electron chi connectivity index (χ0n) is 7.47. The summed E-state index contributed by atoms with van der Waals surface area (Å²) in [6.45, 7) is 3.42. The fourth-order valence-electron chi connectivity index (χ4n) is 0.766. The second kappa shape index (κ2) is 4.81. The van der Waals surface area contributed by atoms with Crippen molar-refractivity contribution in [1.29, 1.82) is 0 Å². The third kappa shape index (κ3) is 3.53. The average Bonchev–Trinajstić information content (AvgIpc) is 2.52. The molecular formula is C10H10N2O2. The van der Waals surface area contributed by atoms with E-state index in [1.807, 2.05) is 6.07 Å². The molecule has 14 heavy (non-hydrogen) atoms. The molecule has 0 radical (unpaired) electrons. The molecule has 1 aromatic rings. The van der Waals surface area contributed by atoms with Gasteiger partial charge in [-0.1, -0.05) is 24.8 Å². The molecule has 72 valence electrons. The quantitative estimate of drug-likeness (QED) is 0.653. The Kier molecular flexibility index (Phi) is 3.43. The maximum Gasteiger partial charge on any atom is 0.345 e. The van der Waals surface area contributed by atoms with E-state index >= 15 is 0 Å². The first-order valence-electron chi connectivity index (χ1n) is 3.96. The lowest BCUT2D eigenvalue weighted by Crippen LogP contribution is -2.10. The minimum absolute atomic E-state index is 0.322. The Hall–Kier alpha value is -2.10. The number of allylic oxidation sites excluding steroid dienone is 1. The van der Waals surface area contributed by atoms with E-state index in [9.17, 15) is 4.79 Å². The van der Waals surface area contributed by atoms with Crippen molar-refractivity contribution in [2.45, 2.75) is 0 Å². The van der Waals surface area contributed by atoms with Crippen LogP contribution in [0, 0.1) is 0 Å². The van der Waals surface area contributed by atoms with Crippen LogP contribution < -0.4 is 5.32 Å². The molecule has 0 saturated heterocycles. The number of carbonyl (C=O) groups excluding carboxylic acids is 1. The van der Waals surface area contributed by atoms with Crippen LogP contribution in [0.15, 0.2) is 47.6 Å². The van der Waals surface area contributed by atoms with Gasteiger partial charge in [0.25, 0.3) is 0 Å². The minimum Gasteiger partial charge on any atom is -0.508 e. The predicted molar refractivity (Wildman–Crippen MR) is 54.3 cm³/mol. The van der Waals surface area contributed by atoms with Crippen LogP contribution in [-0.2, 0) is 0 Å². The lowest BCUT2D eigenvalue weighted by Gasteiger charge is -1.83. The molecule has 0 fully saturated rings. The molecule has 2 N–H and O–H groups in total. The van der Waals surface area contributed by atoms with Gasteiger partial charge >= 0.3 is 6.03 Å². The molecule has 1 aromatic carbocycles. The van der Waals surface area contributed by atoms with Crippen LogP contribution in [0.4, 0.5) is 4.79 Å². The minimum atomic E-state index is -0.329. The second-order valence-corrected chi connectivity index (χ2v) is 2.55. The number of benzene rings is 1. The van der Waals surface area contributed by atoms with E-state index in [4.69, 9.17) is 5.11 Å². The highest BCUT2D eigenvalue weighted by Crippen LogP contribution is 2.02. The average molecular weight is 190 g/mol. The molecule has 4 nitrogen and oxygen atoms in total. The van der Waals surface area contributed by atoms with Crippen LogP contribution in [0.1, 0.15) is 0 Å². The number of nitrogens with one attached hydrogen (secondary N) is 1. The summed E-state index contributed by atoms with van der Waals surface area (Å²) in [5, 5.41) is 11.0. The van der Waals surface area contributed by atoms with Gasteiger partial charge in [0, 0.05) is 0 Å². The SMILES string of the molecule is C=C1C=NC(=O)N1.Oc1ccccc1. The fraction of sp³-hybridized carbons (Fsp3) is 0. The summed E-state index contributed by atoms with van der Waals surface area (Å²) in [4.78, 5) is 13.4. The first kappa shape index (κ1) is 9.98. The van der Waals surface area contributed by atoms with E-state index in [2.05, 4.69) is 16.9 Å². The van der Waals surface area contributed by atoms with Crippen molar-refractivity contribution in [3.05, 3.63) is 42.6 Å². The molecule has 0 spiro atoms. The molecule has 4 heteroatoms. The summed E-state index contributed by atoms with van der Waals surface area (Å²) < 4.78 is 0. The number of phenolic OH excluding ortho intramolecular Hbond substituents is 1. The lowest BCUT2D eigenvalue weighted by atomic mass is 10.3. The molecule has 0 saturated carbocycles. The molecule has 0 aromatic heterocycles. The predicted octanol–water partition coefficient (Wildman–Crippen LogP) is 1.69. The Balaban J connectivity index is 0.000000140. The molecule has 2 rings (SSSR count). The summed E-state index contributed by atoms with van der Waals surface area (Å²) >= 11 is 0. The highest BCUT2D eigenvalue weighted by atomic mass is 16.3. The van der Waals surface area contributed by atoms with E-state index in [1.54, 1.807) is 24.3 Å². The van der Waals surface area contributed by atoms with Crippen molar-refractivity contribution in [1.82, 2.24) is 5.32 Å². The van der Waals surface area contributed by atoms with E-state index in [-0.39, 0.29) is 6.03 Å². The molecule has 1 aliphatic heterocycles. The van der Waals surface area contributed by atoms with Crippen molar-refractivity contribution in [3.8, 4) is 5.75 Å². The van der Waals surface area contributed by atoms with Gasteiger partial charge in [0.1, 0.15) is 5.75 Å². The number of para-hydroxylation sites is 1. The van der Waals surface area contributed by atoms with E-state index < -0.39 is 0 Å². The largest absolute Gasteiger partial charge is 0.508 e. The lowest BCUT2D eigenvalue weighted by molar-refractivity contribution is 0.253. The van der Waals surface area contributed by atoms with Gasteiger partial charge in [-0.15, -0.1) is 0 Å². The zero-order valence-corrected chi connectivity index (χ0v) is 7.47. The Morgan fingerprint density at radius 2 is 1.93 bits per heavy atom. The third-order valence-corrected chi connectivity index (χ3v) is 1.36. The van der Waals surface area contributed by atoms with Crippen LogP contribution in [0.25, 0.3) is 0 Å². The third-order valence-electron chi connectivity index (χ3n) is 1.36. The number of urea groups is 1. The van der Waals surface area contributed by atoms with Crippen LogP contribution in [0.2, 0.25) is 0 Å². The molecule has 0 aliphatic carbocycles. The number of nitrogens with zero attached hydrogens (tertiary/aromatic N) is 1. The van der Waals surface area contributed by atoms with Crippen molar-refractivity contribution < 1.29 is 9.90 Å². The molecule has 0 unspecified atom stereocenters. The Morgan fingerprint density at radius 3 is 2.14 bits per heavy atom. The number of carbonyl (C=O) groups is 1. The van der Waals surface area contributed by atoms with Crippen molar-refractivity contribution >= 4 is 12.2 Å². The van der Waals surface area contributed by atoms with Gasteiger partial charge in [-0.25, -0.2) is 4.79 Å². The maximum absolute atomic E-state index is 10.1. The number of aromatic hydroxyl groups is 1. The topological polar surface area (TPSA) is 61.7 Å². The van der Waals surface area contributed by atoms with Crippen LogP contribution >= 0.6 is 0 Å². The molecule has 0 bridgehead atoms. The molecule has 0 atom stereocenters. The van der Waals surface area contributed by atoms with Gasteiger partial charge in [-0.05, 0) is 12.1 Å². The summed E-state index contributed by atoms with van der Waals surface area (Å²) in [5.74, 6) is 0.322. The van der Waals surface area contributed by atoms with Crippen molar-refractivity contribution in [2.24, 2.45) is 4.99 Å². The van der Waals surface area contributed by atoms with E-state index in [1.165, 1.54) is 6.21 Å². The van der Waals surface area contributed by atoms with Crippen molar-refractivity contribution in [3.63, 3.8) is 0 Å². The van der Waals surface area contributed by atoms with E-state index in [0.717, 1.165) is 0 Å². The number of amides is 2. The Labute approximate surface area is 81.6 Å². The van der Waals surface area contributed by atoms with Gasteiger partial charge in [0.15, 0.2) is 0 Å². The first-order chi connectivity index (χ1) is 6.68. The van der Waals surface area contributed by atoms with Crippen LogP contribution in [0.5, 0.6) is 5.75 Å². The molecular weight excluding hydrogens is 180 g/mol. The fourth-order valence-corrected chi connectivity index (χ4v) is 0.766. The highest BCUT2D eigenvalue weighted by Gasteiger charge is 2.02. The number of rotatable bonds is 0. The number of hydrogen-bond donors (Lipinski definition) is 2. The monoisotopic (exact) mass is 190 g/mol. The van der Waals surface area contributed by atoms with E-state index in [0.29, 0.717) is 11.4 Å². The summed E-state index contributed by atoms with van der Waals surface area (Å²) in [5.41, 5.74) is 0.560. The molecule has 1 aliphatic rings. The number of hydrogen-bond acceptors (Lipinski definition) is 2. The maximum atomic E-state index is 10.1. The van der Waals surface area contributed by atoms with Crippen LogP contribution in [-0.4, -0.2) is 17.4 Å². The Morgan fingerprint density at radius 1 is 1.29 bits per heavy atom. The number of phenols is 1. The smallest absolute Gasteiger partial charge is 0.345 e.